The number of carbonyl (C=O) groups excluding carboxylic acids is 1. The van der Waals surface area contributed by atoms with E-state index < -0.39 is 9.84 Å². The molecular formula is C23H27NO4S. The first-order chi connectivity index (χ1) is 13.9. The van der Waals surface area contributed by atoms with Crippen LogP contribution in [0.4, 0.5) is 0 Å². The molecule has 6 rings (SSSR count). The molecule has 154 valence electrons. The minimum Gasteiger partial charge on any atom is -0.459 e. The van der Waals surface area contributed by atoms with Crippen LogP contribution in [0.15, 0.2) is 52.0 Å². The van der Waals surface area contributed by atoms with Gasteiger partial charge in [-0.1, -0.05) is 18.2 Å². The Morgan fingerprint density at radius 3 is 2.24 bits per heavy atom. The van der Waals surface area contributed by atoms with Crippen molar-refractivity contribution < 1.29 is 17.6 Å². The van der Waals surface area contributed by atoms with E-state index in [0.29, 0.717) is 12.1 Å². The predicted molar refractivity (Wildman–Crippen MR) is 109 cm³/mol. The average molecular weight is 414 g/mol. The number of benzene rings is 1. The van der Waals surface area contributed by atoms with E-state index in [9.17, 15) is 13.2 Å². The Kier molecular flexibility index (Phi) is 4.57. The van der Waals surface area contributed by atoms with Crippen LogP contribution in [0.3, 0.4) is 0 Å². The number of furan rings is 1. The van der Waals surface area contributed by atoms with Gasteiger partial charge in [0.05, 0.1) is 16.9 Å². The van der Waals surface area contributed by atoms with Crippen molar-refractivity contribution >= 4 is 15.7 Å². The van der Waals surface area contributed by atoms with Gasteiger partial charge in [-0.2, -0.15) is 0 Å². The summed E-state index contributed by atoms with van der Waals surface area (Å²) < 4.78 is 30.8. The van der Waals surface area contributed by atoms with Gasteiger partial charge >= 0.3 is 0 Å². The van der Waals surface area contributed by atoms with E-state index in [0.717, 1.165) is 17.8 Å². The van der Waals surface area contributed by atoms with Gasteiger partial charge < -0.3 is 9.73 Å². The van der Waals surface area contributed by atoms with Gasteiger partial charge in [0.2, 0.25) is 0 Å². The fraction of sp³-hybridized carbons (Fsp3) is 0.522. The van der Waals surface area contributed by atoms with Crippen molar-refractivity contribution in [3.05, 3.63) is 54.0 Å². The number of sulfone groups is 1. The van der Waals surface area contributed by atoms with Crippen LogP contribution >= 0.6 is 0 Å². The summed E-state index contributed by atoms with van der Waals surface area (Å²) in [5, 5.41) is 3.08. The molecule has 0 radical (unpaired) electrons. The number of hydrogen-bond acceptors (Lipinski definition) is 4. The molecule has 1 heterocycles. The van der Waals surface area contributed by atoms with Crippen LogP contribution in [0.5, 0.6) is 0 Å². The maximum absolute atomic E-state index is 12.8. The summed E-state index contributed by atoms with van der Waals surface area (Å²) >= 11 is 0. The third-order valence-electron chi connectivity index (χ3n) is 7.19. The normalized spacial score (nSPS) is 30.4. The largest absolute Gasteiger partial charge is 0.459 e. The smallest absolute Gasteiger partial charge is 0.287 e. The molecule has 1 N–H and O–H groups in total. The Morgan fingerprint density at radius 2 is 1.62 bits per heavy atom. The standard InChI is InChI=1S/C23H27NO4S/c25-22(24-15-23-11-16-8-17(12-23)10-18(9-16)13-23)21-19(6-7-28-21)14-29(26,27)20-4-2-1-3-5-20/h1-7,16-18H,8-15H2,(H,24,25). The molecule has 1 aromatic carbocycles. The quantitative estimate of drug-likeness (QED) is 0.770. The molecule has 1 amide bonds. The summed E-state index contributed by atoms with van der Waals surface area (Å²) in [5.74, 6) is 2.06. The molecule has 5 nitrogen and oxygen atoms in total. The van der Waals surface area contributed by atoms with Gasteiger partial charge in [-0.3, -0.25) is 4.79 Å². The summed E-state index contributed by atoms with van der Waals surface area (Å²) in [4.78, 5) is 13.1. The van der Waals surface area contributed by atoms with Crippen molar-refractivity contribution in [3.63, 3.8) is 0 Å². The molecule has 0 spiro atoms. The van der Waals surface area contributed by atoms with Crippen molar-refractivity contribution in [2.75, 3.05) is 6.54 Å². The van der Waals surface area contributed by atoms with Gasteiger partial charge in [0.25, 0.3) is 5.91 Å². The maximum Gasteiger partial charge on any atom is 0.287 e. The highest BCUT2D eigenvalue weighted by Crippen LogP contribution is 2.59. The molecule has 0 atom stereocenters. The Labute approximate surface area is 171 Å². The summed E-state index contributed by atoms with van der Waals surface area (Å²) in [7, 11) is -3.53. The van der Waals surface area contributed by atoms with Crippen LogP contribution in [0.2, 0.25) is 0 Å². The highest BCUT2D eigenvalue weighted by atomic mass is 32.2. The van der Waals surface area contributed by atoms with Crippen molar-refractivity contribution in [1.29, 1.82) is 0 Å². The topological polar surface area (TPSA) is 76.4 Å². The number of rotatable bonds is 6. The van der Waals surface area contributed by atoms with Gasteiger partial charge in [0.15, 0.2) is 15.6 Å². The molecule has 0 aliphatic heterocycles. The molecule has 4 aliphatic carbocycles. The van der Waals surface area contributed by atoms with E-state index in [1.54, 1.807) is 36.4 Å². The molecule has 1 aromatic heterocycles. The highest BCUT2D eigenvalue weighted by Gasteiger charge is 2.50. The van der Waals surface area contributed by atoms with E-state index in [-0.39, 0.29) is 27.7 Å². The predicted octanol–water partition coefficient (Wildman–Crippen LogP) is 4.20. The second-order valence-corrected chi connectivity index (χ2v) is 11.4. The average Bonchev–Trinajstić information content (AvgIpc) is 3.13. The second kappa shape index (κ2) is 7.01. The third kappa shape index (κ3) is 3.63. The van der Waals surface area contributed by atoms with E-state index in [1.165, 1.54) is 44.8 Å². The lowest BCUT2D eigenvalue weighted by molar-refractivity contribution is -0.0504. The summed E-state index contributed by atoms with van der Waals surface area (Å²) in [6, 6.07) is 9.90. The lowest BCUT2D eigenvalue weighted by Crippen LogP contribution is -2.51. The van der Waals surface area contributed by atoms with Crippen molar-refractivity contribution in [1.82, 2.24) is 5.32 Å². The Hall–Kier alpha value is -2.08. The molecule has 2 aromatic rings. The fourth-order valence-electron chi connectivity index (χ4n) is 6.42. The highest BCUT2D eigenvalue weighted by molar-refractivity contribution is 7.90. The summed E-state index contributed by atoms with van der Waals surface area (Å²) in [6.07, 6.45) is 9.15. The molecule has 29 heavy (non-hydrogen) atoms. The number of nitrogens with one attached hydrogen (secondary N) is 1. The van der Waals surface area contributed by atoms with E-state index >= 15 is 0 Å². The third-order valence-corrected chi connectivity index (χ3v) is 8.87. The first kappa shape index (κ1) is 18.9. The summed E-state index contributed by atoms with van der Waals surface area (Å²) in [5.41, 5.74) is 0.643. The number of carbonyl (C=O) groups is 1. The zero-order chi connectivity index (χ0) is 20.1. The Balaban J connectivity index is 1.28. The minimum absolute atomic E-state index is 0.120. The van der Waals surface area contributed by atoms with Gasteiger partial charge in [0, 0.05) is 12.1 Å². The van der Waals surface area contributed by atoms with Crippen molar-refractivity contribution in [3.8, 4) is 0 Å². The molecule has 6 heteroatoms. The first-order valence-corrected chi connectivity index (χ1v) is 12.2. The van der Waals surface area contributed by atoms with E-state index in [4.69, 9.17) is 4.42 Å². The van der Waals surface area contributed by atoms with Crippen molar-refractivity contribution in [2.24, 2.45) is 23.2 Å². The van der Waals surface area contributed by atoms with Crippen LogP contribution in [-0.2, 0) is 15.6 Å². The zero-order valence-electron chi connectivity index (χ0n) is 16.5. The van der Waals surface area contributed by atoms with Crippen LogP contribution < -0.4 is 5.32 Å². The first-order valence-electron chi connectivity index (χ1n) is 10.5. The van der Waals surface area contributed by atoms with Gasteiger partial charge in [-0.25, -0.2) is 8.42 Å². The monoisotopic (exact) mass is 413 g/mol. The molecule has 0 unspecified atom stereocenters. The van der Waals surface area contributed by atoms with Gasteiger partial charge in [-0.05, 0) is 79.9 Å². The van der Waals surface area contributed by atoms with Crippen LogP contribution in [0, 0.1) is 23.2 Å². The number of amides is 1. The van der Waals surface area contributed by atoms with Gasteiger partial charge in [0.1, 0.15) is 0 Å². The zero-order valence-corrected chi connectivity index (χ0v) is 17.3. The molecule has 4 bridgehead atoms. The lowest BCUT2D eigenvalue weighted by Gasteiger charge is -2.56. The SMILES string of the molecule is O=C(NCC12CC3CC(CC(C3)C1)C2)c1occc1CS(=O)(=O)c1ccccc1. The van der Waals surface area contributed by atoms with Crippen LogP contribution in [-0.4, -0.2) is 20.9 Å². The Morgan fingerprint density at radius 1 is 1.00 bits per heavy atom. The molecule has 4 fully saturated rings. The Bertz CT molecular complexity index is 973. The van der Waals surface area contributed by atoms with Crippen LogP contribution in [0.1, 0.15) is 54.6 Å². The second-order valence-electron chi connectivity index (χ2n) is 9.45. The van der Waals surface area contributed by atoms with E-state index in [2.05, 4.69) is 5.32 Å². The molecule has 0 saturated heterocycles. The maximum atomic E-state index is 12.8. The van der Waals surface area contributed by atoms with Crippen LogP contribution in [0.25, 0.3) is 0 Å². The molecule has 4 aliphatic rings. The molecule has 4 saturated carbocycles. The minimum atomic E-state index is -3.53. The fourth-order valence-corrected chi connectivity index (χ4v) is 7.79. The van der Waals surface area contributed by atoms with Gasteiger partial charge in [-0.15, -0.1) is 0 Å². The summed E-state index contributed by atoms with van der Waals surface area (Å²) in [6.45, 7) is 0.668. The number of hydrogen-bond donors (Lipinski definition) is 1. The van der Waals surface area contributed by atoms with Crippen molar-refractivity contribution in [2.45, 2.75) is 49.2 Å². The molecular weight excluding hydrogens is 386 g/mol. The van der Waals surface area contributed by atoms with E-state index in [1.807, 2.05) is 0 Å². The lowest BCUT2D eigenvalue weighted by atomic mass is 9.49.